The second-order valence-corrected chi connectivity index (χ2v) is 8.83. The molecule has 0 aliphatic carbocycles. The van der Waals surface area contributed by atoms with Crippen LogP contribution < -0.4 is 15.4 Å². The van der Waals surface area contributed by atoms with Crippen molar-refractivity contribution in [2.24, 2.45) is 5.92 Å². The van der Waals surface area contributed by atoms with Gasteiger partial charge in [0.1, 0.15) is 11.4 Å². The van der Waals surface area contributed by atoms with E-state index in [-0.39, 0.29) is 17.7 Å². The Labute approximate surface area is 211 Å². The summed E-state index contributed by atoms with van der Waals surface area (Å²) in [5.41, 5.74) is 4.69. The Kier molecular flexibility index (Phi) is 7.80. The SMILES string of the molecule is COc1ccc(-c2nn(Cc3ccccc3)cc2C(=O)NCc2ccc(NC(=O)C(C)C)cc2)cc1. The van der Waals surface area contributed by atoms with Crippen molar-refractivity contribution >= 4 is 17.5 Å². The van der Waals surface area contributed by atoms with Crippen LogP contribution in [0.4, 0.5) is 5.69 Å². The van der Waals surface area contributed by atoms with Crippen molar-refractivity contribution in [1.82, 2.24) is 15.1 Å². The number of carbonyl (C=O) groups excluding carboxylic acids is 2. The van der Waals surface area contributed by atoms with Crippen LogP contribution >= 0.6 is 0 Å². The van der Waals surface area contributed by atoms with Gasteiger partial charge in [0.2, 0.25) is 5.91 Å². The predicted octanol–water partition coefficient (Wildman–Crippen LogP) is 5.13. The summed E-state index contributed by atoms with van der Waals surface area (Å²) in [6, 6.07) is 24.9. The Hall–Kier alpha value is -4.39. The third-order valence-electron chi connectivity index (χ3n) is 5.76. The number of hydrogen-bond donors (Lipinski definition) is 2. The highest BCUT2D eigenvalue weighted by molar-refractivity contribution is 5.99. The topological polar surface area (TPSA) is 85.2 Å². The molecule has 0 radical (unpaired) electrons. The maximum atomic E-state index is 13.2. The molecule has 3 aromatic carbocycles. The molecule has 7 heteroatoms. The van der Waals surface area contributed by atoms with Crippen LogP contribution in [0.5, 0.6) is 5.75 Å². The fourth-order valence-corrected chi connectivity index (χ4v) is 3.67. The molecule has 0 atom stereocenters. The molecule has 184 valence electrons. The number of anilines is 1. The van der Waals surface area contributed by atoms with E-state index in [1.54, 1.807) is 18.0 Å². The molecule has 0 spiro atoms. The van der Waals surface area contributed by atoms with Crippen molar-refractivity contribution in [3.05, 3.63) is 102 Å². The molecule has 7 nitrogen and oxygen atoms in total. The number of ether oxygens (including phenoxy) is 1. The molecule has 0 aliphatic heterocycles. The second kappa shape index (κ2) is 11.4. The highest BCUT2D eigenvalue weighted by Gasteiger charge is 2.18. The quantitative estimate of drug-likeness (QED) is 0.346. The fourth-order valence-electron chi connectivity index (χ4n) is 3.67. The molecule has 2 amide bonds. The van der Waals surface area contributed by atoms with Crippen molar-refractivity contribution in [1.29, 1.82) is 0 Å². The lowest BCUT2D eigenvalue weighted by molar-refractivity contribution is -0.118. The Bertz CT molecular complexity index is 1310. The summed E-state index contributed by atoms with van der Waals surface area (Å²) in [5, 5.41) is 10.6. The van der Waals surface area contributed by atoms with E-state index >= 15 is 0 Å². The van der Waals surface area contributed by atoms with Gasteiger partial charge < -0.3 is 15.4 Å². The molecule has 0 saturated heterocycles. The van der Waals surface area contributed by atoms with Gasteiger partial charge in [0.05, 0.1) is 19.2 Å². The van der Waals surface area contributed by atoms with Crippen molar-refractivity contribution in [2.75, 3.05) is 12.4 Å². The van der Waals surface area contributed by atoms with Crippen LogP contribution in [-0.4, -0.2) is 28.7 Å². The van der Waals surface area contributed by atoms with E-state index in [0.29, 0.717) is 24.3 Å². The summed E-state index contributed by atoms with van der Waals surface area (Å²) in [7, 11) is 1.62. The summed E-state index contributed by atoms with van der Waals surface area (Å²) >= 11 is 0. The first-order chi connectivity index (χ1) is 17.4. The molecule has 36 heavy (non-hydrogen) atoms. The minimum Gasteiger partial charge on any atom is -0.497 e. The van der Waals surface area contributed by atoms with E-state index in [4.69, 9.17) is 9.84 Å². The van der Waals surface area contributed by atoms with Gasteiger partial charge in [-0.05, 0) is 47.5 Å². The zero-order valence-electron chi connectivity index (χ0n) is 20.7. The molecule has 0 aliphatic rings. The number of methoxy groups -OCH3 is 1. The molecule has 0 unspecified atom stereocenters. The van der Waals surface area contributed by atoms with E-state index in [0.717, 1.165) is 28.1 Å². The third kappa shape index (κ3) is 6.18. The minimum absolute atomic E-state index is 0.0328. The molecule has 1 heterocycles. The average Bonchev–Trinajstić information content (AvgIpc) is 3.32. The van der Waals surface area contributed by atoms with Crippen LogP contribution in [0.3, 0.4) is 0 Å². The molecule has 4 rings (SSSR count). The van der Waals surface area contributed by atoms with Gasteiger partial charge in [0, 0.05) is 29.9 Å². The van der Waals surface area contributed by atoms with Crippen LogP contribution in [0.15, 0.2) is 85.1 Å². The Morgan fingerprint density at radius 2 is 1.61 bits per heavy atom. The molecule has 2 N–H and O–H groups in total. The lowest BCUT2D eigenvalue weighted by Gasteiger charge is -2.09. The van der Waals surface area contributed by atoms with Crippen LogP contribution in [0.2, 0.25) is 0 Å². The number of aromatic nitrogens is 2. The van der Waals surface area contributed by atoms with Gasteiger partial charge in [-0.3, -0.25) is 14.3 Å². The molecule has 0 saturated carbocycles. The van der Waals surface area contributed by atoms with Gasteiger partial charge in [0.25, 0.3) is 5.91 Å². The summed E-state index contributed by atoms with van der Waals surface area (Å²) < 4.78 is 7.06. The zero-order chi connectivity index (χ0) is 25.5. The number of rotatable bonds is 9. The van der Waals surface area contributed by atoms with E-state index in [1.165, 1.54) is 0 Å². The van der Waals surface area contributed by atoms with Crippen LogP contribution in [0.1, 0.15) is 35.3 Å². The normalized spacial score (nSPS) is 10.8. The predicted molar refractivity (Wildman–Crippen MR) is 141 cm³/mol. The second-order valence-electron chi connectivity index (χ2n) is 8.83. The van der Waals surface area contributed by atoms with E-state index < -0.39 is 0 Å². The van der Waals surface area contributed by atoms with Crippen molar-refractivity contribution < 1.29 is 14.3 Å². The number of amides is 2. The smallest absolute Gasteiger partial charge is 0.255 e. The number of carbonyl (C=O) groups is 2. The Balaban J connectivity index is 1.51. The average molecular weight is 483 g/mol. The lowest BCUT2D eigenvalue weighted by Crippen LogP contribution is -2.23. The molecule has 1 aromatic heterocycles. The first-order valence-electron chi connectivity index (χ1n) is 11.9. The number of benzene rings is 3. The van der Waals surface area contributed by atoms with Gasteiger partial charge in [-0.15, -0.1) is 0 Å². The van der Waals surface area contributed by atoms with Crippen molar-refractivity contribution in [2.45, 2.75) is 26.9 Å². The van der Waals surface area contributed by atoms with Gasteiger partial charge in [0.15, 0.2) is 0 Å². The van der Waals surface area contributed by atoms with Crippen LogP contribution in [-0.2, 0) is 17.9 Å². The molecular weight excluding hydrogens is 452 g/mol. The first-order valence-corrected chi connectivity index (χ1v) is 11.9. The number of nitrogens with one attached hydrogen (secondary N) is 2. The summed E-state index contributed by atoms with van der Waals surface area (Å²) in [6.45, 7) is 4.60. The monoisotopic (exact) mass is 482 g/mol. The zero-order valence-corrected chi connectivity index (χ0v) is 20.7. The van der Waals surface area contributed by atoms with Gasteiger partial charge in [-0.25, -0.2) is 0 Å². The molecule has 0 bridgehead atoms. The highest BCUT2D eigenvalue weighted by atomic mass is 16.5. The Morgan fingerprint density at radius 3 is 2.25 bits per heavy atom. The van der Waals surface area contributed by atoms with Crippen LogP contribution in [0.25, 0.3) is 11.3 Å². The lowest BCUT2D eigenvalue weighted by atomic mass is 10.1. The minimum atomic E-state index is -0.211. The number of nitrogens with zero attached hydrogens (tertiary/aromatic N) is 2. The van der Waals surface area contributed by atoms with E-state index in [9.17, 15) is 9.59 Å². The summed E-state index contributed by atoms with van der Waals surface area (Å²) in [4.78, 5) is 25.1. The van der Waals surface area contributed by atoms with Gasteiger partial charge in [-0.1, -0.05) is 56.3 Å². The van der Waals surface area contributed by atoms with E-state index in [2.05, 4.69) is 10.6 Å². The number of hydrogen-bond acceptors (Lipinski definition) is 4. The maximum Gasteiger partial charge on any atom is 0.255 e. The summed E-state index contributed by atoms with van der Waals surface area (Å²) in [5.74, 6) is 0.403. The Morgan fingerprint density at radius 1 is 0.917 bits per heavy atom. The standard InChI is InChI=1S/C29H30N4O3/c1-20(2)28(34)31-24-13-9-21(10-14-24)17-30-29(35)26-19-33(18-22-7-5-4-6-8-22)32-27(26)23-11-15-25(36-3)16-12-23/h4-16,19-20H,17-18H2,1-3H3,(H,30,35)(H,31,34). The van der Waals surface area contributed by atoms with Crippen LogP contribution in [0, 0.1) is 5.92 Å². The summed E-state index contributed by atoms with van der Waals surface area (Å²) in [6.07, 6.45) is 1.78. The van der Waals surface area contributed by atoms with Crippen molar-refractivity contribution in [3.63, 3.8) is 0 Å². The molecule has 4 aromatic rings. The first kappa shape index (κ1) is 24.7. The van der Waals surface area contributed by atoms with Gasteiger partial charge in [-0.2, -0.15) is 5.10 Å². The maximum absolute atomic E-state index is 13.2. The largest absolute Gasteiger partial charge is 0.497 e. The van der Waals surface area contributed by atoms with Gasteiger partial charge >= 0.3 is 0 Å². The van der Waals surface area contributed by atoms with E-state index in [1.807, 2.05) is 92.7 Å². The van der Waals surface area contributed by atoms with Crippen molar-refractivity contribution in [3.8, 4) is 17.0 Å². The molecular formula is C29H30N4O3. The third-order valence-corrected chi connectivity index (χ3v) is 5.76. The fraction of sp³-hybridized carbons (Fsp3) is 0.207. The highest BCUT2D eigenvalue weighted by Crippen LogP contribution is 2.25. The molecule has 0 fully saturated rings.